The minimum Gasteiger partial charge on any atom is -0.480 e. The highest BCUT2D eigenvalue weighted by atomic mass is 16.4. The van der Waals surface area contributed by atoms with Gasteiger partial charge in [-0.1, -0.05) is 0 Å². The number of aliphatic carboxylic acids is 4. The molecule has 0 saturated carbocycles. The molecule has 0 rings (SSSR count). The second kappa shape index (κ2) is 12.4. The molecule has 0 heterocycles. The average Bonchev–Trinajstić information content (AvgIpc) is 2.65. The van der Waals surface area contributed by atoms with Crippen LogP contribution in [0.1, 0.15) is 13.8 Å². The van der Waals surface area contributed by atoms with Crippen LogP contribution in [0, 0.1) is 0 Å². The van der Waals surface area contributed by atoms with E-state index < -0.39 is 61.6 Å². The summed E-state index contributed by atoms with van der Waals surface area (Å²) in [6, 6.07) is 0. The first-order chi connectivity index (χ1) is 13.7. The van der Waals surface area contributed by atoms with Gasteiger partial charge in [0.2, 0.25) is 0 Å². The van der Waals surface area contributed by atoms with E-state index in [9.17, 15) is 19.2 Å². The Balaban J connectivity index is 5.20. The molecule has 0 aromatic carbocycles. The number of hydrogen-bond donors (Lipinski definition) is 8. The summed E-state index contributed by atoms with van der Waals surface area (Å²) in [5.74, 6) is -6.81. The van der Waals surface area contributed by atoms with Gasteiger partial charge in [-0.05, 0) is 27.9 Å². The molecule has 14 heteroatoms. The maximum absolute atomic E-state index is 10.9. The van der Waals surface area contributed by atoms with E-state index >= 15 is 0 Å². The summed E-state index contributed by atoms with van der Waals surface area (Å²) < 4.78 is 0. The lowest BCUT2D eigenvalue weighted by Gasteiger charge is -2.43. The van der Waals surface area contributed by atoms with E-state index in [4.69, 9.17) is 20.4 Å². The minimum atomic E-state index is -1.17. The van der Waals surface area contributed by atoms with Crippen molar-refractivity contribution in [2.24, 2.45) is 0 Å². The third kappa shape index (κ3) is 10.4. The molecule has 0 aromatic heterocycles. The van der Waals surface area contributed by atoms with Crippen LogP contribution in [0.25, 0.3) is 0 Å². The third-order valence-corrected chi connectivity index (χ3v) is 4.63. The summed E-state index contributed by atoms with van der Waals surface area (Å²) in [6.07, 6.45) is 0. The van der Waals surface area contributed by atoms with Crippen LogP contribution in [0.3, 0.4) is 0 Å². The van der Waals surface area contributed by atoms with Crippen molar-refractivity contribution in [3.63, 3.8) is 0 Å². The first-order valence-corrected chi connectivity index (χ1v) is 9.01. The van der Waals surface area contributed by atoms with Crippen LogP contribution < -0.4 is 21.3 Å². The number of carboxylic acids is 4. The fourth-order valence-electron chi connectivity index (χ4n) is 2.40. The van der Waals surface area contributed by atoms with Gasteiger partial charge in [0, 0.05) is 13.1 Å². The van der Waals surface area contributed by atoms with Crippen LogP contribution in [0.2, 0.25) is 0 Å². The molecule has 0 saturated heterocycles. The molecule has 0 unspecified atom stereocenters. The Labute approximate surface area is 174 Å². The van der Waals surface area contributed by atoms with E-state index in [0.717, 1.165) is 0 Å². The quantitative estimate of drug-likeness (QED) is 0.106. The minimum absolute atomic E-state index is 0.283. The molecule has 8 N–H and O–H groups in total. The van der Waals surface area contributed by atoms with Crippen LogP contribution in [0.5, 0.6) is 0 Å². The standard InChI is InChI=1S/C16H32N6O8/c1-15(17-7-11(23)24,18-8-12(25)26)21(3)5-6-22(4)16(2,19-9-13(27)28)20-10-14(29)30/h17-20H,5-10H2,1-4H3,(H,23,24)(H,25,26)(H,27,28)(H,29,30). The number of nitrogens with one attached hydrogen (secondary N) is 4. The summed E-state index contributed by atoms with van der Waals surface area (Å²) in [5, 5.41) is 46.7. The topological polar surface area (TPSA) is 204 Å². The number of hydrogen-bond acceptors (Lipinski definition) is 10. The number of carbonyl (C=O) groups is 4. The van der Waals surface area contributed by atoms with Gasteiger partial charge in [0.1, 0.15) is 11.6 Å². The van der Waals surface area contributed by atoms with Gasteiger partial charge in [-0.3, -0.25) is 50.2 Å². The highest BCUT2D eigenvalue weighted by Gasteiger charge is 2.33. The zero-order valence-electron chi connectivity index (χ0n) is 17.6. The average molecular weight is 436 g/mol. The molecule has 0 aliphatic heterocycles. The SMILES string of the molecule is CN(CCN(C)C(C)(NCC(=O)O)NCC(=O)O)C(C)(NCC(=O)O)NCC(=O)O. The van der Waals surface area contributed by atoms with Gasteiger partial charge in [-0.2, -0.15) is 0 Å². The van der Waals surface area contributed by atoms with E-state index in [1.165, 1.54) is 0 Å². The van der Waals surface area contributed by atoms with Gasteiger partial charge in [-0.25, -0.2) is 0 Å². The molecule has 0 radical (unpaired) electrons. The van der Waals surface area contributed by atoms with Crippen LogP contribution in [-0.4, -0.2) is 119 Å². The van der Waals surface area contributed by atoms with Crippen molar-refractivity contribution in [1.29, 1.82) is 0 Å². The lowest BCUT2D eigenvalue weighted by atomic mass is 10.2. The molecule has 0 aromatic rings. The molecule has 0 atom stereocenters. The zero-order valence-corrected chi connectivity index (χ0v) is 17.6. The van der Waals surface area contributed by atoms with Crippen molar-refractivity contribution in [3.8, 4) is 0 Å². The molecule has 0 amide bonds. The third-order valence-electron chi connectivity index (χ3n) is 4.63. The molecule has 30 heavy (non-hydrogen) atoms. The molecule has 0 spiro atoms. The fourth-order valence-corrected chi connectivity index (χ4v) is 2.40. The van der Waals surface area contributed by atoms with Gasteiger partial charge in [0.25, 0.3) is 0 Å². The molecule has 0 fully saturated rings. The Morgan fingerprint density at radius 1 is 0.600 bits per heavy atom. The van der Waals surface area contributed by atoms with Crippen LogP contribution in [-0.2, 0) is 19.2 Å². The van der Waals surface area contributed by atoms with Crippen molar-refractivity contribution < 1.29 is 39.6 Å². The second-order valence-corrected chi connectivity index (χ2v) is 6.98. The monoisotopic (exact) mass is 436 g/mol. The Bertz CT molecular complexity index is 529. The lowest BCUT2D eigenvalue weighted by Crippen LogP contribution is -2.69. The molecular weight excluding hydrogens is 404 g/mol. The van der Waals surface area contributed by atoms with Gasteiger partial charge in [-0.15, -0.1) is 0 Å². The zero-order chi connectivity index (χ0) is 23.5. The largest absolute Gasteiger partial charge is 0.480 e. The van der Waals surface area contributed by atoms with Gasteiger partial charge >= 0.3 is 23.9 Å². The summed E-state index contributed by atoms with van der Waals surface area (Å²) in [4.78, 5) is 47.0. The fraction of sp³-hybridized carbons (Fsp3) is 0.750. The van der Waals surface area contributed by atoms with Crippen LogP contribution >= 0.6 is 0 Å². The summed E-state index contributed by atoms with van der Waals surface area (Å²) >= 11 is 0. The van der Waals surface area contributed by atoms with E-state index in [1.54, 1.807) is 37.7 Å². The Hall–Kier alpha value is -2.36. The van der Waals surface area contributed by atoms with Crippen molar-refractivity contribution in [2.45, 2.75) is 25.4 Å². The van der Waals surface area contributed by atoms with Gasteiger partial charge in [0.15, 0.2) is 0 Å². The van der Waals surface area contributed by atoms with E-state index in [-0.39, 0.29) is 13.1 Å². The maximum Gasteiger partial charge on any atom is 0.317 e. The highest BCUT2D eigenvalue weighted by molar-refractivity contribution is 5.70. The molecule has 174 valence electrons. The van der Waals surface area contributed by atoms with Crippen LogP contribution in [0.15, 0.2) is 0 Å². The summed E-state index contributed by atoms with van der Waals surface area (Å²) in [5.41, 5.74) is 0. The molecule has 14 nitrogen and oxygen atoms in total. The van der Waals surface area contributed by atoms with E-state index in [0.29, 0.717) is 0 Å². The number of carboxylic acid groups (broad SMARTS) is 4. The molecule has 0 bridgehead atoms. The maximum atomic E-state index is 10.9. The number of nitrogens with zero attached hydrogens (tertiary/aromatic N) is 2. The predicted molar refractivity (Wildman–Crippen MR) is 105 cm³/mol. The number of likely N-dealkylation sites (N-methyl/N-ethyl adjacent to an activating group) is 2. The van der Waals surface area contributed by atoms with Crippen molar-refractivity contribution in [3.05, 3.63) is 0 Å². The van der Waals surface area contributed by atoms with Gasteiger partial charge in [0.05, 0.1) is 26.2 Å². The van der Waals surface area contributed by atoms with Crippen molar-refractivity contribution in [1.82, 2.24) is 31.1 Å². The lowest BCUT2D eigenvalue weighted by molar-refractivity contribution is -0.140. The highest BCUT2D eigenvalue weighted by Crippen LogP contribution is 2.09. The Morgan fingerprint density at radius 2 is 0.800 bits per heavy atom. The van der Waals surface area contributed by atoms with Crippen molar-refractivity contribution in [2.75, 3.05) is 53.4 Å². The Morgan fingerprint density at radius 3 is 0.967 bits per heavy atom. The van der Waals surface area contributed by atoms with Crippen LogP contribution in [0.4, 0.5) is 0 Å². The van der Waals surface area contributed by atoms with Gasteiger partial charge < -0.3 is 20.4 Å². The first kappa shape index (κ1) is 27.6. The molecular formula is C16H32N6O8. The van der Waals surface area contributed by atoms with E-state index in [1.807, 2.05) is 0 Å². The summed E-state index contributed by atoms with van der Waals surface area (Å²) in [7, 11) is 3.29. The Kier molecular flexibility index (Phi) is 11.4. The second-order valence-electron chi connectivity index (χ2n) is 6.98. The molecule has 0 aliphatic rings. The number of rotatable bonds is 17. The van der Waals surface area contributed by atoms with E-state index in [2.05, 4.69) is 21.3 Å². The first-order valence-electron chi connectivity index (χ1n) is 9.01. The molecule has 0 aliphatic carbocycles. The summed E-state index contributed by atoms with van der Waals surface area (Å²) in [6.45, 7) is 2.08. The van der Waals surface area contributed by atoms with Crippen molar-refractivity contribution >= 4 is 23.9 Å². The smallest absolute Gasteiger partial charge is 0.317 e. The predicted octanol–water partition coefficient (Wildman–Crippen LogP) is -3.11. The normalized spacial score (nSPS) is 12.3.